The number of benzene rings is 1. The first-order valence-corrected chi connectivity index (χ1v) is 9.94. The number of anilines is 1. The van der Waals surface area contributed by atoms with Crippen LogP contribution in [0.15, 0.2) is 18.2 Å². The molecule has 1 unspecified atom stereocenters. The largest absolute Gasteiger partial charge is 0.383 e. The summed E-state index contributed by atoms with van der Waals surface area (Å²) in [4.78, 5) is 30.9. The third-order valence-corrected chi connectivity index (χ3v) is 5.57. The molecule has 0 radical (unpaired) electrons. The Kier molecular flexibility index (Phi) is 6.37. The molecule has 2 fully saturated rings. The van der Waals surface area contributed by atoms with Gasteiger partial charge < -0.3 is 19.6 Å². The summed E-state index contributed by atoms with van der Waals surface area (Å²) in [5.41, 5.74) is 1.75. The van der Waals surface area contributed by atoms with E-state index in [9.17, 15) is 14.7 Å². The van der Waals surface area contributed by atoms with Gasteiger partial charge in [0.05, 0.1) is 13.2 Å². The predicted octanol–water partition coefficient (Wildman–Crippen LogP) is 0.952. The van der Waals surface area contributed by atoms with Gasteiger partial charge in [0.1, 0.15) is 0 Å². The molecule has 0 saturated carbocycles. The highest BCUT2D eigenvalue weighted by atomic mass is 16.5. The van der Waals surface area contributed by atoms with Crippen LogP contribution in [0.3, 0.4) is 0 Å². The van der Waals surface area contributed by atoms with Crippen molar-refractivity contribution < 1.29 is 19.4 Å². The minimum Gasteiger partial charge on any atom is -0.383 e. The third-order valence-electron chi connectivity index (χ3n) is 5.57. The highest BCUT2D eigenvalue weighted by Crippen LogP contribution is 2.26. The zero-order valence-corrected chi connectivity index (χ0v) is 17.1. The molecule has 1 atom stereocenters. The van der Waals surface area contributed by atoms with Crippen molar-refractivity contribution in [3.8, 4) is 0 Å². The van der Waals surface area contributed by atoms with E-state index in [0.29, 0.717) is 39.2 Å². The average Bonchev–Trinajstić information content (AvgIpc) is 2.62. The lowest BCUT2D eigenvalue weighted by Crippen LogP contribution is -2.61. The van der Waals surface area contributed by atoms with E-state index in [-0.39, 0.29) is 24.9 Å². The molecule has 0 aromatic heterocycles. The first-order valence-electron chi connectivity index (χ1n) is 9.94. The SMILES string of the molecule is COCCN1CCCC(O)(CN2CCN(c3cc(C)cc(C)c3)C(=O)C2)C1=O. The lowest BCUT2D eigenvalue weighted by Gasteiger charge is -2.42. The van der Waals surface area contributed by atoms with Crippen molar-refractivity contribution in [2.24, 2.45) is 0 Å². The Labute approximate surface area is 166 Å². The van der Waals surface area contributed by atoms with Crippen LogP contribution in [-0.2, 0) is 14.3 Å². The number of carbonyl (C=O) groups excluding carboxylic acids is 2. The summed E-state index contributed by atoms with van der Waals surface area (Å²) in [6.45, 7) is 7.22. The van der Waals surface area contributed by atoms with Crippen LogP contribution in [0.25, 0.3) is 0 Å². The Morgan fingerprint density at radius 2 is 1.82 bits per heavy atom. The third kappa shape index (κ3) is 4.54. The maximum atomic E-state index is 12.8. The fraction of sp³-hybridized carbons (Fsp3) is 0.619. The van der Waals surface area contributed by atoms with E-state index in [2.05, 4.69) is 6.07 Å². The van der Waals surface area contributed by atoms with E-state index in [1.807, 2.05) is 30.9 Å². The Bertz CT molecular complexity index is 718. The summed E-state index contributed by atoms with van der Waals surface area (Å²) < 4.78 is 5.06. The smallest absolute Gasteiger partial charge is 0.255 e. The zero-order chi connectivity index (χ0) is 20.3. The van der Waals surface area contributed by atoms with Crippen LogP contribution in [0.5, 0.6) is 0 Å². The summed E-state index contributed by atoms with van der Waals surface area (Å²) >= 11 is 0. The number of carbonyl (C=O) groups is 2. The van der Waals surface area contributed by atoms with Crippen LogP contribution in [-0.4, -0.2) is 85.3 Å². The van der Waals surface area contributed by atoms with Crippen LogP contribution in [0.1, 0.15) is 24.0 Å². The first-order chi connectivity index (χ1) is 13.3. The summed E-state index contributed by atoms with van der Waals surface area (Å²) in [5, 5.41) is 11.0. The van der Waals surface area contributed by atoms with Crippen molar-refractivity contribution in [2.45, 2.75) is 32.3 Å². The highest BCUT2D eigenvalue weighted by Gasteiger charge is 2.44. The van der Waals surface area contributed by atoms with Crippen LogP contribution in [0.2, 0.25) is 0 Å². The molecule has 2 aliphatic heterocycles. The van der Waals surface area contributed by atoms with Crippen LogP contribution >= 0.6 is 0 Å². The van der Waals surface area contributed by atoms with Gasteiger partial charge in [-0.25, -0.2) is 0 Å². The van der Waals surface area contributed by atoms with Gasteiger partial charge in [-0.05, 0) is 49.9 Å². The zero-order valence-electron chi connectivity index (χ0n) is 17.1. The Hall–Kier alpha value is -1.96. The average molecular weight is 389 g/mol. The van der Waals surface area contributed by atoms with E-state index in [1.165, 1.54) is 0 Å². The molecule has 0 spiro atoms. The predicted molar refractivity (Wildman–Crippen MR) is 107 cm³/mol. The van der Waals surface area contributed by atoms with Gasteiger partial charge in [-0.15, -0.1) is 0 Å². The minimum absolute atomic E-state index is 0.000604. The second-order valence-corrected chi connectivity index (χ2v) is 8.02. The number of amides is 2. The van der Waals surface area contributed by atoms with Gasteiger partial charge in [0.25, 0.3) is 5.91 Å². The molecule has 7 heteroatoms. The lowest BCUT2D eigenvalue weighted by molar-refractivity contribution is -0.160. The van der Waals surface area contributed by atoms with Crippen molar-refractivity contribution in [1.29, 1.82) is 0 Å². The molecule has 2 amide bonds. The van der Waals surface area contributed by atoms with Crippen molar-refractivity contribution in [1.82, 2.24) is 9.80 Å². The molecule has 154 valence electrons. The molecular formula is C21H31N3O4. The number of piperazine rings is 1. The molecule has 1 N–H and O–H groups in total. The summed E-state index contributed by atoms with van der Waals surface area (Å²) in [7, 11) is 1.60. The fourth-order valence-electron chi connectivity index (χ4n) is 4.23. The number of likely N-dealkylation sites (tertiary alicyclic amines) is 1. The molecule has 2 saturated heterocycles. The number of nitrogens with zero attached hydrogens (tertiary/aromatic N) is 3. The number of hydrogen-bond acceptors (Lipinski definition) is 5. The molecule has 0 bridgehead atoms. The number of ether oxygens (including phenoxy) is 1. The van der Waals surface area contributed by atoms with Gasteiger partial charge in [0.15, 0.2) is 5.60 Å². The Morgan fingerprint density at radius 1 is 1.11 bits per heavy atom. The fourth-order valence-corrected chi connectivity index (χ4v) is 4.23. The molecule has 1 aromatic carbocycles. The van der Waals surface area contributed by atoms with Gasteiger partial charge in [-0.1, -0.05) is 6.07 Å². The summed E-state index contributed by atoms with van der Waals surface area (Å²) in [6.07, 6.45) is 1.18. The molecule has 3 rings (SSSR count). The van der Waals surface area contributed by atoms with E-state index in [0.717, 1.165) is 23.2 Å². The quantitative estimate of drug-likeness (QED) is 0.784. The lowest BCUT2D eigenvalue weighted by atomic mass is 9.90. The van der Waals surface area contributed by atoms with E-state index in [1.54, 1.807) is 16.9 Å². The van der Waals surface area contributed by atoms with Crippen LogP contribution < -0.4 is 4.90 Å². The number of methoxy groups -OCH3 is 1. The minimum atomic E-state index is -1.42. The molecule has 1 aromatic rings. The number of β-amino-alcohol motifs (C(OH)–C–C–N with tert-alkyl or cyclic N) is 1. The molecule has 2 heterocycles. The van der Waals surface area contributed by atoms with Gasteiger partial charge in [0, 0.05) is 45.5 Å². The van der Waals surface area contributed by atoms with Crippen molar-refractivity contribution in [2.75, 3.05) is 57.9 Å². The number of hydrogen-bond donors (Lipinski definition) is 1. The molecule has 0 aliphatic carbocycles. The second kappa shape index (κ2) is 8.59. The molecule has 28 heavy (non-hydrogen) atoms. The second-order valence-electron chi connectivity index (χ2n) is 8.02. The number of rotatable bonds is 6. The number of aliphatic hydroxyl groups is 1. The van der Waals surface area contributed by atoms with Crippen molar-refractivity contribution in [3.63, 3.8) is 0 Å². The number of aryl methyl sites for hydroxylation is 2. The Balaban J connectivity index is 1.63. The van der Waals surface area contributed by atoms with E-state index in [4.69, 9.17) is 4.74 Å². The van der Waals surface area contributed by atoms with Crippen molar-refractivity contribution >= 4 is 17.5 Å². The standard InChI is InChI=1S/C21H31N3O4/c1-16-11-17(2)13-18(12-16)24-8-7-22(14-19(24)25)15-21(27)5-4-6-23(20(21)26)9-10-28-3/h11-13,27H,4-10,14-15H2,1-3H3. The van der Waals surface area contributed by atoms with Gasteiger partial charge in [-0.3, -0.25) is 14.5 Å². The first kappa shape index (κ1) is 20.8. The monoisotopic (exact) mass is 389 g/mol. The maximum absolute atomic E-state index is 12.8. The van der Waals surface area contributed by atoms with Gasteiger partial charge in [0.2, 0.25) is 5.91 Å². The van der Waals surface area contributed by atoms with Crippen molar-refractivity contribution in [3.05, 3.63) is 29.3 Å². The van der Waals surface area contributed by atoms with E-state index < -0.39 is 5.60 Å². The van der Waals surface area contributed by atoms with E-state index >= 15 is 0 Å². The van der Waals surface area contributed by atoms with Gasteiger partial charge in [-0.2, -0.15) is 0 Å². The summed E-state index contributed by atoms with van der Waals surface area (Å²) in [5.74, 6) is -0.251. The highest BCUT2D eigenvalue weighted by molar-refractivity contribution is 5.96. The normalized spacial score (nSPS) is 24.1. The number of piperidine rings is 1. The topological polar surface area (TPSA) is 73.3 Å². The van der Waals surface area contributed by atoms with Gasteiger partial charge >= 0.3 is 0 Å². The van der Waals surface area contributed by atoms with Crippen LogP contribution in [0.4, 0.5) is 5.69 Å². The molecule has 2 aliphatic rings. The molecular weight excluding hydrogens is 358 g/mol. The Morgan fingerprint density at radius 3 is 2.46 bits per heavy atom. The van der Waals surface area contributed by atoms with Crippen LogP contribution in [0, 0.1) is 13.8 Å². The maximum Gasteiger partial charge on any atom is 0.255 e. The summed E-state index contributed by atoms with van der Waals surface area (Å²) in [6, 6.07) is 6.13. The molecule has 7 nitrogen and oxygen atoms in total.